The number of hydrogen-bond donors (Lipinski definition) is 1. The molecule has 0 unspecified atom stereocenters. The van der Waals surface area contributed by atoms with Gasteiger partial charge in [0.2, 0.25) is 5.88 Å². The summed E-state index contributed by atoms with van der Waals surface area (Å²) < 4.78 is 7.31. The molecule has 12 heavy (non-hydrogen) atoms. The number of nitrogens with one attached hydrogen (secondary N) is 1. The fraction of sp³-hybridized carbons (Fsp3) is 0.714. The van der Waals surface area contributed by atoms with E-state index in [0.717, 1.165) is 19.0 Å². The van der Waals surface area contributed by atoms with Crippen molar-refractivity contribution in [1.29, 1.82) is 0 Å². The zero-order valence-electron chi connectivity index (χ0n) is 7.24. The number of ether oxygens (including phenoxy) is 1. The van der Waals surface area contributed by atoms with E-state index in [2.05, 4.69) is 22.6 Å². The van der Waals surface area contributed by atoms with E-state index >= 15 is 0 Å². The van der Waals surface area contributed by atoms with Gasteiger partial charge in [-0.3, -0.25) is 0 Å². The lowest BCUT2D eigenvalue weighted by Crippen LogP contribution is -2.61. The molecule has 0 aromatic carbocycles. The highest BCUT2D eigenvalue weighted by Gasteiger charge is 2.34. The summed E-state index contributed by atoms with van der Waals surface area (Å²) in [5, 5.41) is 10.7. The molecule has 1 saturated heterocycles. The Morgan fingerprint density at radius 2 is 2.42 bits per heavy atom. The first-order valence-electron chi connectivity index (χ1n) is 3.94. The van der Waals surface area contributed by atoms with Crippen LogP contribution < -0.4 is 10.1 Å². The van der Waals surface area contributed by atoms with Crippen LogP contribution in [0, 0.1) is 0 Å². The summed E-state index contributed by atoms with van der Waals surface area (Å²) in [6.07, 6.45) is 1.63. The Morgan fingerprint density at radius 1 is 1.67 bits per heavy atom. The number of hydrogen-bond acceptors (Lipinski definition) is 4. The number of rotatable bonds is 2. The molecule has 0 bridgehead atoms. The second kappa shape index (κ2) is 2.45. The Morgan fingerprint density at radius 3 is 2.83 bits per heavy atom. The minimum absolute atomic E-state index is 0.0739. The van der Waals surface area contributed by atoms with E-state index in [9.17, 15) is 0 Å². The molecule has 1 aliphatic rings. The molecule has 0 spiro atoms. The maximum Gasteiger partial charge on any atom is 0.232 e. The van der Waals surface area contributed by atoms with Gasteiger partial charge in [-0.2, -0.15) is 0 Å². The average Bonchev–Trinajstić information content (AvgIpc) is 2.34. The first-order chi connectivity index (χ1) is 5.70. The van der Waals surface area contributed by atoms with Gasteiger partial charge in [0.25, 0.3) is 0 Å². The van der Waals surface area contributed by atoms with Crippen LogP contribution in [0.3, 0.4) is 0 Å². The molecule has 1 aliphatic heterocycles. The molecule has 5 heteroatoms. The number of nitrogens with zero attached hydrogens (tertiary/aromatic N) is 3. The highest BCUT2D eigenvalue weighted by atomic mass is 16.5. The molecule has 0 saturated carbocycles. The van der Waals surface area contributed by atoms with E-state index in [1.807, 2.05) is 7.05 Å². The van der Waals surface area contributed by atoms with Crippen LogP contribution in [0.1, 0.15) is 6.92 Å². The van der Waals surface area contributed by atoms with E-state index in [0.29, 0.717) is 0 Å². The molecule has 0 atom stereocenters. The predicted octanol–water partition coefficient (Wildman–Crippen LogP) is -0.444. The molecule has 1 aromatic heterocycles. The molecule has 0 radical (unpaired) electrons. The lowest BCUT2D eigenvalue weighted by atomic mass is 10.0. The second-order valence-electron chi connectivity index (χ2n) is 3.35. The van der Waals surface area contributed by atoms with Crippen molar-refractivity contribution in [3.63, 3.8) is 0 Å². The average molecular weight is 168 g/mol. The van der Waals surface area contributed by atoms with Crippen LogP contribution in [-0.2, 0) is 7.05 Å². The standard InChI is InChI=1S/C7H12N4O/c1-7(4-8-5-7)12-6-3-9-10-11(6)2/h3,8H,4-5H2,1-2H3. The van der Waals surface area contributed by atoms with Gasteiger partial charge in [-0.15, -0.1) is 5.10 Å². The van der Waals surface area contributed by atoms with E-state index in [1.165, 1.54) is 0 Å². The van der Waals surface area contributed by atoms with Gasteiger partial charge in [-0.25, -0.2) is 4.68 Å². The van der Waals surface area contributed by atoms with E-state index < -0.39 is 0 Å². The van der Waals surface area contributed by atoms with Gasteiger partial charge in [-0.1, -0.05) is 5.21 Å². The molecule has 1 N–H and O–H groups in total. The Labute approximate surface area is 70.7 Å². The van der Waals surface area contributed by atoms with Gasteiger partial charge in [-0.05, 0) is 6.92 Å². The third kappa shape index (κ3) is 1.16. The fourth-order valence-corrected chi connectivity index (χ4v) is 1.17. The van der Waals surface area contributed by atoms with Crippen molar-refractivity contribution < 1.29 is 4.74 Å². The first-order valence-corrected chi connectivity index (χ1v) is 3.94. The molecule has 2 heterocycles. The predicted molar refractivity (Wildman–Crippen MR) is 42.9 cm³/mol. The normalized spacial score (nSPS) is 20.2. The third-order valence-electron chi connectivity index (χ3n) is 2.02. The molecular weight excluding hydrogens is 156 g/mol. The SMILES string of the molecule is Cn1nncc1OC1(C)CNC1. The summed E-state index contributed by atoms with van der Waals surface area (Å²) >= 11 is 0. The van der Waals surface area contributed by atoms with Crippen molar-refractivity contribution in [1.82, 2.24) is 20.3 Å². The van der Waals surface area contributed by atoms with Crippen LogP contribution >= 0.6 is 0 Å². The molecule has 1 aromatic rings. The van der Waals surface area contributed by atoms with Crippen molar-refractivity contribution in [2.45, 2.75) is 12.5 Å². The first kappa shape index (κ1) is 7.54. The number of aryl methyl sites for hydroxylation is 1. The van der Waals surface area contributed by atoms with Crippen LogP contribution in [0.15, 0.2) is 6.20 Å². The molecule has 66 valence electrons. The fourth-order valence-electron chi connectivity index (χ4n) is 1.17. The topological polar surface area (TPSA) is 52.0 Å². The molecule has 5 nitrogen and oxygen atoms in total. The summed E-state index contributed by atoms with van der Waals surface area (Å²) in [6, 6.07) is 0. The Kier molecular flexibility index (Phi) is 1.54. The van der Waals surface area contributed by atoms with E-state index in [1.54, 1.807) is 10.9 Å². The van der Waals surface area contributed by atoms with Gasteiger partial charge in [0.05, 0.1) is 0 Å². The zero-order chi connectivity index (χ0) is 8.60. The maximum absolute atomic E-state index is 5.68. The zero-order valence-corrected chi connectivity index (χ0v) is 7.24. The molecule has 1 fully saturated rings. The number of aromatic nitrogens is 3. The quantitative estimate of drug-likeness (QED) is 0.650. The lowest BCUT2D eigenvalue weighted by molar-refractivity contribution is 0.0266. The summed E-state index contributed by atoms with van der Waals surface area (Å²) in [4.78, 5) is 0. The van der Waals surface area contributed by atoms with Crippen LogP contribution in [0.25, 0.3) is 0 Å². The van der Waals surface area contributed by atoms with Gasteiger partial charge in [0.1, 0.15) is 11.8 Å². The minimum Gasteiger partial charge on any atom is -0.468 e. The van der Waals surface area contributed by atoms with Crippen molar-refractivity contribution >= 4 is 0 Å². The van der Waals surface area contributed by atoms with Crippen LogP contribution in [0.5, 0.6) is 5.88 Å². The van der Waals surface area contributed by atoms with Crippen molar-refractivity contribution in [2.24, 2.45) is 7.05 Å². The summed E-state index contributed by atoms with van der Waals surface area (Å²) in [5.74, 6) is 0.721. The minimum atomic E-state index is -0.0739. The monoisotopic (exact) mass is 168 g/mol. The molecule has 0 aliphatic carbocycles. The van der Waals surface area contributed by atoms with Gasteiger partial charge < -0.3 is 10.1 Å². The van der Waals surface area contributed by atoms with Crippen molar-refractivity contribution in [3.8, 4) is 5.88 Å². The lowest BCUT2D eigenvalue weighted by Gasteiger charge is -2.38. The summed E-state index contributed by atoms with van der Waals surface area (Å²) in [7, 11) is 1.82. The Balaban J connectivity index is 2.08. The largest absolute Gasteiger partial charge is 0.468 e. The summed E-state index contributed by atoms with van der Waals surface area (Å²) in [6.45, 7) is 3.84. The molecule has 0 amide bonds. The van der Waals surface area contributed by atoms with Gasteiger partial charge >= 0.3 is 0 Å². The molecule has 2 rings (SSSR count). The van der Waals surface area contributed by atoms with Crippen LogP contribution in [0.2, 0.25) is 0 Å². The van der Waals surface area contributed by atoms with Crippen molar-refractivity contribution in [2.75, 3.05) is 13.1 Å². The Bertz CT molecular complexity index is 279. The highest BCUT2D eigenvalue weighted by molar-refractivity contribution is 5.06. The van der Waals surface area contributed by atoms with E-state index in [4.69, 9.17) is 4.74 Å². The van der Waals surface area contributed by atoms with Gasteiger partial charge in [0, 0.05) is 20.1 Å². The maximum atomic E-state index is 5.68. The van der Waals surface area contributed by atoms with Crippen LogP contribution in [0.4, 0.5) is 0 Å². The van der Waals surface area contributed by atoms with Crippen molar-refractivity contribution in [3.05, 3.63) is 6.20 Å². The third-order valence-corrected chi connectivity index (χ3v) is 2.02. The second-order valence-corrected chi connectivity index (χ2v) is 3.35. The van der Waals surface area contributed by atoms with Crippen LogP contribution in [-0.4, -0.2) is 33.7 Å². The highest BCUT2D eigenvalue weighted by Crippen LogP contribution is 2.19. The smallest absolute Gasteiger partial charge is 0.232 e. The summed E-state index contributed by atoms with van der Waals surface area (Å²) in [5.41, 5.74) is -0.0739. The van der Waals surface area contributed by atoms with E-state index in [-0.39, 0.29) is 5.60 Å². The van der Waals surface area contributed by atoms with Gasteiger partial charge in [0.15, 0.2) is 0 Å². The molecular formula is C7H12N4O. The Hall–Kier alpha value is -1.10.